The minimum absolute atomic E-state index is 0.0224. The average molecular weight is 1330 g/mol. The predicted octanol–water partition coefficient (Wildman–Crippen LogP) is 4.96. The third-order valence-corrected chi connectivity index (χ3v) is 13.8. The molecule has 6 rings (SSSR count). The Kier molecular flexibility index (Phi) is 41.9. The summed E-state index contributed by atoms with van der Waals surface area (Å²) in [6.07, 6.45) is 0.0598. The largest absolute Gasteiger partial charge is 0.493 e. The Hall–Kier alpha value is -7.15. The van der Waals surface area contributed by atoms with Crippen molar-refractivity contribution in [3.8, 4) is 23.0 Å². The summed E-state index contributed by atoms with van der Waals surface area (Å²) in [7, 11) is 2.87. The van der Waals surface area contributed by atoms with Crippen LogP contribution in [0.15, 0.2) is 60.7 Å². The van der Waals surface area contributed by atoms with Crippen molar-refractivity contribution in [2.45, 2.75) is 77.0 Å². The molecule has 0 saturated heterocycles. The molecule has 0 spiro atoms. The lowest BCUT2D eigenvalue weighted by molar-refractivity contribution is -0.385. The number of nitro benzene ring substituents is 2. The number of hydrogen-bond donors (Lipinski definition) is 3. The zero-order valence-corrected chi connectivity index (χ0v) is 53.7. The molecule has 2 atom stereocenters. The number of nitrogens with one attached hydrogen (secondary N) is 3. The summed E-state index contributed by atoms with van der Waals surface area (Å²) in [5.74, 6) is -1.38. The number of nitrogens with zero attached hydrogens (tertiary/aromatic N) is 2. The molecule has 4 bridgehead atoms. The number of carbonyl (C=O) groups is 7. The Bertz CT molecular complexity index is 2680. The van der Waals surface area contributed by atoms with Crippen molar-refractivity contribution in [2.75, 3.05) is 138 Å². The molecule has 4 aliphatic rings. The van der Waals surface area contributed by atoms with E-state index in [2.05, 4.69) is 40.4 Å². The zero-order valence-electron chi connectivity index (χ0n) is 52.1. The summed E-state index contributed by atoms with van der Waals surface area (Å²) in [4.78, 5) is 125. The molecular weight excluding hydrogens is 1250 g/mol. The second kappa shape index (κ2) is 47.7. The predicted molar refractivity (Wildman–Crippen MR) is 328 cm³/mol. The normalized spacial score (nSPS) is 18.0. The van der Waals surface area contributed by atoms with Gasteiger partial charge in [0, 0.05) is 70.2 Å². The van der Waals surface area contributed by atoms with Crippen molar-refractivity contribution >= 4 is 76.1 Å². The second-order valence-corrected chi connectivity index (χ2v) is 21.0. The highest BCUT2D eigenvalue weighted by molar-refractivity contribution is 7.98. The Morgan fingerprint density at radius 1 is 0.571 bits per heavy atom. The van der Waals surface area contributed by atoms with E-state index < -0.39 is 39.8 Å². The van der Waals surface area contributed by atoms with E-state index in [1.165, 1.54) is 69.8 Å². The van der Waals surface area contributed by atoms with Gasteiger partial charge in [0.1, 0.15) is 13.2 Å². The zero-order chi connectivity index (χ0) is 67.3. The van der Waals surface area contributed by atoms with E-state index in [4.69, 9.17) is 66.9 Å². The number of amides is 3. The minimum atomic E-state index is -0.929. The molecule has 0 radical (unpaired) electrons. The quantitative estimate of drug-likeness (QED) is 0.0454. The highest BCUT2D eigenvalue weighted by Gasteiger charge is 2.26. The lowest BCUT2D eigenvalue weighted by Gasteiger charge is -2.18. The highest BCUT2D eigenvalue weighted by Crippen LogP contribution is 2.38. The summed E-state index contributed by atoms with van der Waals surface area (Å²) >= 11 is 2.50. The number of nitro groups is 2. The Morgan fingerprint density at radius 3 is 1.32 bits per heavy atom. The van der Waals surface area contributed by atoms with Gasteiger partial charge in [0.05, 0.1) is 140 Å². The molecule has 0 fully saturated rings. The average Bonchev–Trinajstić information content (AvgIpc) is 1.31. The molecule has 3 amide bonds. The van der Waals surface area contributed by atoms with Gasteiger partial charge in [-0.1, -0.05) is 26.7 Å². The summed E-state index contributed by atoms with van der Waals surface area (Å²) in [6, 6.07) is 3.99. The molecular formula is C58H83N5O26S2. The molecule has 4 aliphatic heterocycles. The summed E-state index contributed by atoms with van der Waals surface area (Å²) in [6.45, 7) is 19.2. The number of Topliss-reactive ketones (excluding diaryl/α,β-unsaturated/α-hetero) is 2. The number of thioether (sulfide) groups is 2. The third kappa shape index (κ3) is 34.7. The number of rotatable bonds is 13. The maximum absolute atomic E-state index is 13.0. The van der Waals surface area contributed by atoms with Crippen LogP contribution in [0.3, 0.4) is 0 Å². The fourth-order valence-corrected chi connectivity index (χ4v) is 9.05. The van der Waals surface area contributed by atoms with Crippen molar-refractivity contribution in [3.63, 3.8) is 0 Å². The van der Waals surface area contributed by atoms with Crippen molar-refractivity contribution < 1.29 is 115 Å². The lowest BCUT2D eigenvalue weighted by atomic mass is 10.1. The van der Waals surface area contributed by atoms with E-state index in [9.17, 15) is 53.8 Å². The number of benzene rings is 2. The summed E-state index contributed by atoms with van der Waals surface area (Å²) < 4.78 is 58.4. The topological polar surface area (TPSA) is 380 Å². The molecule has 508 valence electrons. The Labute approximate surface area is 535 Å². The molecule has 2 unspecified atom stereocenters. The van der Waals surface area contributed by atoms with Gasteiger partial charge in [0.25, 0.3) is 11.4 Å². The number of hydrogen-bond acceptors (Lipinski definition) is 28. The van der Waals surface area contributed by atoms with Gasteiger partial charge in [0.15, 0.2) is 48.2 Å². The third-order valence-electron chi connectivity index (χ3n) is 11.6. The molecule has 2 aromatic rings. The number of ether oxygens (including phenoxy) is 11. The summed E-state index contributed by atoms with van der Waals surface area (Å²) in [5, 5.41) is 31.5. The summed E-state index contributed by atoms with van der Waals surface area (Å²) in [5.41, 5.74) is 1.12. The van der Waals surface area contributed by atoms with Crippen LogP contribution in [0, 0.1) is 20.2 Å². The van der Waals surface area contributed by atoms with Crippen LogP contribution in [0.4, 0.5) is 11.4 Å². The molecule has 4 heterocycles. The second-order valence-electron chi connectivity index (χ2n) is 18.9. The fraction of sp³-hybridized carbons (Fsp3) is 0.569. The number of esters is 2. The smallest absolute Gasteiger partial charge is 0.340 e. The molecule has 0 aromatic heterocycles. The first-order valence-electron chi connectivity index (χ1n) is 28.4. The first kappa shape index (κ1) is 79.9. The SMILES string of the molecule is C=C(C)C(=O)NCCC(=O)C1CSCc2cc(OC)c(cc2[N+](=O)[O-])OCCOCCOCCOCOOCCC(=O)N1.C=C(C)C(=O)OC(=O)C(=C)C.CCC(=O)C1CSCc2cc(OC)c(cc2[N+](=O)[O-])OCCOCCOCCOCOOCCC(=O)N1. The molecule has 31 nitrogen and oxygen atoms in total. The fourth-order valence-electron chi connectivity index (χ4n) is 6.91. The van der Waals surface area contributed by atoms with Gasteiger partial charge in [-0.15, -0.1) is 0 Å². The first-order valence-corrected chi connectivity index (χ1v) is 30.7. The van der Waals surface area contributed by atoms with E-state index in [1.807, 2.05) is 0 Å². The molecule has 91 heavy (non-hydrogen) atoms. The van der Waals surface area contributed by atoms with Gasteiger partial charge >= 0.3 is 11.9 Å². The molecule has 33 heteroatoms. The van der Waals surface area contributed by atoms with Gasteiger partial charge in [-0.05, 0) is 32.9 Å². The number of methoxy groups -OCH3 is 2. The first-order chi connectivity index (χ1) is 43.6. The van der Waals surface area contributed by atoms with Crippen LogP contribution in [0.25, 0.3) is 0 Å². The van der Waals surface area contributed by atoms with Gasteiger partial charge in [-0.3, -0.25) is 44.2 Å². The van der Waals surface area contributed by atoms with E-state index in [-0.39, 0.29) is 179 Å². The van der Waals surface area contributed by atoms with Crippen molar-refractivity contribution in [2.24, 2.45) is 0 Å². The lowest BCUT2D eigenvalue weighted by Crippen LogP contribution is -2.44. The van der Waals surface area contributed by atoms with Crippen LogP contribution in [0.1, 0.15) is 64.5 Å². The van der Waals surface area contributed by atoms with Gasteiger partial charge < -0.3 is 68.1 Å². The van der Waals surface area contributed by atoms with Gasteiger partial charge in [0.2, 0.25) is 17.7 Å². The maximum atomic E-state index is 13.0. The van der Waals surface area contributed by atoms with Crippen LogP contribution >= 0.6 is 23.5 Å². The Balaban J connectivity index is 0.000000535. The molecule has 3 N–H and O–H groups in total. The maximum Gasteiger partial charge on any atom is 0.340 e. The number of ketones is 2. The van der Waals surface area contributed by atoms with Crippen molar-refractivity contribution in [1.29, 1.82) is 0 Å². The monoisotopic (exact) mass is 1330 g/mol. The molecule has 0 aliphatic carbocycles. The van der Waals surface area contributed by atoms with Crippen LogP contribution in [-0.4, -0.2) is 202 Å². The minimum Gasteiger partial charge on any atom is -0.493 e. The molecule has 2 aromatic carbocycles. The van der Waals surface area contributed by atoms with Crippen LogP contribution in [0.5, 0.6) is 23.0 Å². The van der Waals surface area contributed by atoms with Gasteiger partial charge in [-0.2, -0.15) is 23.5 Å². The van der Waals surface area contributed by atoms with Crippen molar-refractivity contribution in [3.05, 3.63) is 92.1 Å². The van der Waals surface area contributed by atoms with Crippen LogP contribution in [0.2, 0.25) is 0 Å². The van der Waals surface area contributed by atoms with E-state index >= 15 is 0 Å². The standard InChI is InChI=1S/C27H39N3O12S.C23H34N2O11S.C8H10O3/c1-19(2)27(33)28-6-4-23(31)21-17-43-16-20-14-24(36-3)25(15-22(20)30(34)35)40-13-12-38-9-8-37-10-11-39-18-42-41-7-5-26(32)29-21;1-3-20(26)18-15-37-14-17-12-21(30-2)22(13-19(17)25(28)29)34-11-10-32-7-6-31-8-9-33-16-36-35-5-4-23(27)24-18;1-5(2)7(9)11-8(10)6(3)4/h14-15,21H,1,4-13,16-18H2,2-3H3,(H,28,33)(H,29,32);12-13,18H,3-11,14-16H2,1-2H3,(H,24,27);1,3H2,2,4H3. The van der Waals surface area contributed by atoms with Crippen LogP contribution < -0.4 is 34.9 Å². The number of carbonyl (C=O) groups excluding carboxylic acids is 7. The number of fused-ring (bicyclic) bond motifs is 44. The Morgan fingerprint density at radius 2 is 0.956 bits per heavy atom. The van der Waals surface area contributed by atoms with E-state index in [0.29, 0.717) is 67.8 Å². The van der Waals surface area contributed by atoms with E-state index in [1.54, 1.807) is 19.9 Å². The van der Waals surface area contributed by atoms with Crippen LogP contribution in [-0.2, 0) is 97.8 Å². The van der Waals surface area contributed by atoms with Crippen molar-refractivity contribution in [1.82, 2.24) is 16.0 Å². The van der Waals surface area contributed by atoms with E-state index in [0.717, 1.165) is 0 Å². The van der Waals surface area contributed by atoms with Gasteiger partial charge in [-0.25, -0.2) is 29.1 Å². The molecule has 0 saturated carbocycles. The highest BCUT2D eigenvalue weighted by atomic mass is 32.2.